The van der Waals surface area contributed by atoms with E-state index in [-0.39, 0.29) is 11.9 Å². The Morgan fingerprint density at radius 2 is 1.78 bits per heavy atom. The van der Waals surface area contributed by atoms with Crippen LogP contribution in [0.1, 0.15) is 53.4 Å². The SMILES string of the molecule is CC(C)CN(C(=O)C(C)(C)C(=O)O)C1CCCC1. The molecule has 1 N–H and O–H groups in total. The molecule has 104 valence electrons. The number of rotatable bonds is 5. The standard InChI is InChI=1S/C14H25NO3/c1-10(2)9-15(11-7-5-6-8-11)12(16)14(3,4)13(17)18/h10-11H,5-9H2,1-4H3,(H,17,18). The zero-order chi connectivity index (χ0) is 13.9. The number of carboxylic acids is 1. The molecule has 1 fully saturated rings. The molecule has 0 heterocycles. The summed E-state index contributed by atoms with van der Waals surface area (Å²) in [4.78, 5) is 25.5. The van der Waals surface area contributed by atoms with Crippen LogP contribution in [0.5, 0.6) is 0 Å². The van der Waals surface area contributed by atoms with Gasteiger partial charge in [-0.3, -0.25) is 9.59 Å². The van der Waals surface area contributed by atoms with E-state index in [9.17, 15) is 14.7 Å². The fourth-order valence-corrected chi connectivity index (χ4v) is 2.46. The van der Waals surface area contributed by atoms with Gasteiger partial charge in [0.25, 0.3) is 0 Å². The van der Waals surface area contributed by atoms with Crippen molar-refractivity contribution in [3.8, 4) is 0 Å². The van der Waals surface area contributed by atoms with Crippen molar-refractivity contribution in [2.45, 2.75) is 59.4 Å². The van der Waals surface area contributed by atoms with Crippen LogP contribution in [-0.2, 0) is 9.59 Å². The predicted octanol–water partition coefficient (Wildman–Crippen LogP) is 2.52. The van der Waals surface area contributed by atoms with Crippen molar-refractivity contribution in [3.05, 3.63) is 0 Å². The maximum Gasteiger partial charge on any atom is 0.318 e. The van der Waals surface area contributed by atoms with Gasteiger partial charge in [0.05, 0.1) is 0 Å². The first-order valence-electron chi connectivity index (χ1n) is 6.81. The van der Waals surface area contributed by atoms with Gasteiger partial charge < -0.3 is 10.0 Å². The van der Waals surface area contributed by atoms with E-state index >= 15 is 0 Å². The van der Waals surface area contributed by atoms with E-state index in [2.05, 4.69) is 13.8 Å². The highest BCUT2D eigenvalue weighted by Gasteiger charge is 2.41. The Kier molecular flexibility index (Phi) is 4.77. The van der Waals surface area contributed by atoms with E-state index in [1.807, 2.05) is 4.90 Å². The number of aliphatic carboxylic acids is 1. The zero-order valence-corrected chi connectivity index (χ0v) is 11.9. The van der Waals surface area contributed by atoms with Gasteiger partial charge in [0.1, 0.15) is 5.41 Å². The van der Waals surface area contributed by atoms with E-state index < -0.39 is 11.4 Å². The maximum absolute atomic E-state index is 12.5. The van der Waals surface area contributed by atoms with Gasteiger partial charge >= 0.3 is 5.97 Å². The second kappa shape index (κ2) is 5.72. The number of carbonyl (C=O) groups is 2. The molecule has 0 bridgehead atoms. The summed E-state index contributed by atoms with van der Waals surface area (Å²) in [6.07, 6.45) is 4.29. The van der Waals surface area contributed by atoms with Crippen LogP contribution in [0.2, 0.25) is 0 Å². The van der Waals surface area contributed by atoms with E-state index in [1.54, 1.807) is 0 Å². The van der Waals surface area contributed by atoms with Gasteiger partial charge in [-0.15, -0.1) is 0 Å². The molecular formula is C14H25NO3. The molecule has 18 heavy (non-hydrogen) atoms. The number of amides is 1. The maximum atomic E-state index is 12.5. The molecule has 0 aromatic rings. The summed E-state index contributed by atoms with van der Waals surface area (Å²) < 4.78 is 0. The molecule has 0 saturated heterocycles. The Labute approximate surface area is 109 Å². The summed E-state index contributed by atoms with van der Waals surface area (Å²) in [5, 5.41) is 9.19. The van der Waals surface area contributed by atoms with Crippen LogP contribution < -0.4 is 0 Å². The Morgan fingerprint density at radius 1 is 1.28 bits per heavy atom. The topological polar surface area (TPSA) is 57.6 Å². The first-order valence-corrected chi connectivity index (χ1v) is 6.81. The van der Waals surface area contributed by atoms with Gasteiger partial charge in [0.2, 0.25) is 5.91 Å². The second-order valence-corrected chi connectivity index (χ2v) is 6.22. The van der Waals surface area contributed by atoms with Crippen molar-refractivity contribution in [1.29, 1.82) is 0 Å². The Hall–Kier alpha value is -1.06. The minimum absolute atomic E-state index is 0.235. The molecule has 4 heteroatoms. The Balaban J connectivity index is 2.88. The van der Waals surface area contributed by atoms with Crippen LogP contribution in [0.4, 0.5) is 0 Å². The van der Waals surface area contributed by atoms with Crippen molar-refractivity contribution < 1.29 is 14.7 Å². The molecule has 4 nitrogen and oxygen atoms in total. The third-order valence-corrected chi connectivity index (χ3v) is 3.66. The summed E-state index contributed by atoms with van der Waals surface area (Å²) in [6.45, 7) is 7.77. The molecule has 0 aromatic carbocycles. The van der Waals surface area contributed by atoms with E-state index in [1.165, 1.54) is 13.8 Å². The lowest BCUT2D eigenvalue weighted by atomic mass is 9.90. The van der Waals surface area contributed by atoms with E-state index in [0.717, 1.165) is 25.7 Å². The molecule has 1 rings (SSSR count). The number of carboxylic acid groups (broad SMARTS) is 1. The first kappa shape index (κ1) is 15.0. The van der Waals surface area contributed by atoms with Crippen molar-refractivity contribution in [2.24, 2.45) is 11.3 Å². The third kappa shape index (κ3) is 3.24. The monoisotopic (exact) mass is 255 g/mol. The summed E-state index contributed by atoms with van der Waals surface area (Å²) in [7, 11) is 0. The highest BCUT2D eigenvalue weighted by atomic mass is 16.4. The van der Waals surface area contributed by atoms with E-state index in [4.69, 9.17) is 0 Å². The van der Waals surface area contributed by atoms with Crippen LogP contribution >= 0.6 is 0 Å². The molecule has 1 saturated carbocycles. The average molecular weight is 255 g/mol. The number of carbonyl (C=O) groups excluding carboxylic acids is 1. The van der Waals surface area contributed by atoms with Crippen molar-refractivity contribution in [1.82, 2.24) is 4.90 Å². The van der Waals surface area contributed by atoms with Gasteiger partial charge in [-0.05, 0) is 32.6 Å². The molecular weight excluding hydrogens is 230 g/mol. The second-order valence-electron chi connectivity index (χ2n) is 6.22. The fourth-order valence-electron chi connectivity index (χ4n) is 2.46. The number of hydrogen-bond acceptors (Lipinski definition) is 2. The molecule has 1 aliphatic rings. The zero-order valence-electron chi connectivity index (χ0n) is 11.9. The minimum atomic E-state index is -1.32. The van der Waals surface area contributed by atoms with Gasteiger partial charge in [-0.2, -0.15) is 0 Å². The van der Waals surface area contributed by atoms with Crippen molar-refractivity contribution >= 4 is 11.9 Å². The van der Waals surface area contributed by atoms with Gasteiger partial charge in [0, 0.05) is 12.6 Å². The highest BCUT2D eigenvalue weighted by molar-refractivity contribution is 6.01. The quantitative estimate of drug-likeness (QED) is 0.768. The highest BCUT2D eigenvalue weighted by Crippen LogP contribution is 2.29. The smallest absolute Gasteiger partial charge is 0.318 e. The van der Waals surface area contributed by atoms with E-state index in [0.29, 0.717) is 12.5 Å². The molecule has 1 aliphatic carbocycles. The summed E-state index contributed by atoms with van der Waals surface area (Å²) in [6, 6.07) is 0.235. The molecule has 0 atom stereocenters. The molecule has 0 unspecified atom stereocenters. The molecule has 0 radical (unpaired) electrons. The average Bonchev–Trinajstić information content (AvgIpc) is 2.77. The molecule has 1 amide bonds. The Morgan fingerprint density at radius 3 is 2.17 bits per heavy atom. The first-order chi connectivity index (χ1) is 8.26. The Bertz CT molecular complexity index is 317. The summed E-state index contributed by atoms with van der Waals surface area (Å²) >= 11 is 0. The lowest BCUT2D eigenvalue weighted by Gasteiger charge is -2.35. The predicted molar refractivity (Wildman–Crippen MR) is 70.2 cm³/mol. The summed E-state index contributed by atoms with van der Waals surface area (Å²) in [5.41, 5.74) is -1.32. The van der Waals surface area contributed by atoms with Crippen molar-refractivity contribution in [3.63, 3.8) is 0 Å². The number of nitrogens with zero attached hydrogens (tertiary/aromatic N) is 1. The van der Waals surface area contributed by atoms with Crippen molar-refractivity contribution in [2.75, 3.05) is 6.54 Å². The fraction of sp³-hybridized carbons (Fsp3) is 0.857. The van der Waals surface area contributed by atoms with Crippen LogP contribution in [0, 0.1) is 11.3 Å². The van der Waals surface area contributed by atoms with Gasteiger partial charge in [-0.1, -0.05) is 26.7 Å². The van der Waals surface area contributed by atoms with Gasteiger partial charge in [0.15, 0.2) is 0 Å². The van der Waals surface area contributed by atoms with Crippen LogP contribution in [0.15, 0.2) is 0 Å². The summed E-state index contributed by atoms with van der Waals surface area (Å²) in [5.74, 6) is -0.922. The lowest BCUT2D eigenvalue weighted by Crippen LogP contribution is -2.50. The number of hydrogen-bond donors (Lipinski definition) is 1. The molecule has 0 spiro atoms. The van der Waals surface area contributed by atoms with Crippen LogP contribution in [0.3, 0.4) is 0 Å². The molecule has 0 aromatic heterocycles. The third-order valence-electron chi connectivity index (χ3n) is 3.66. The largest absolute Gasteiger partial charge is 0.480 e. The van der Waals surface area contributed by atoms with Crippen LogP contribution in [-0.4, -0.2) is 34.5 Å². The minimum Gasteiger partial charge on any atom is -0.480 e. The van der Waals surface area contributed by atoms with Gasteiger partial charge in [-0.25, -0.2) is 0 Å². The lowest BCUT2D eigenvalue weighted by molar-refractivity contribution is -0.159. The molecule has 0 aliphatic heterocycles. The van der Waals surface area contributed by atoms with Crippen LogP contribution in [0.25, 0.3) is 0 Å². The normalized spacial score (nSPS) is 17.2.